The second kappa shape index (κ2) is 5.57. The minimum Gasteiger partial charge on any atom is -0.477 e. The van der Waals surface area contributed by atoms with E-state index < -0.39 is 5.97 Å². The number of carboxylic acid groups (broad SMARTS) is 1. The Morgan fingerprint density at radius 3 is 2.75 bits per heavy atom. The van der Waals surface area contributed by atoms with Gasteiger partial charge in [-0.15, -0.1) is 11.3 Å². The van der Waals surface area contributed by atoms with Gasteiger partial charge in [-0.2, -0.15) is 0 Å². The molecule has 88 valence electrons. The molecule has 0 aliphatic carbocycles. The highest BCUT2D eigenvalue weighted by Gasteiger charge is 2.13. The summed E-state index contributed by atoms with van der Waals surface area (Å²) >= 11 is 1.07. The molecular weight excluding hydrogens is 230 g/mol. The molecule has 6 nitrogen and oxygen atoms in total. The Balaban J connectivity index is 2.58. The molecule has 7 heteroatoms. The Hall–Kier alpha value is -1.47. The lowest BCUT2D eigenvalue weighted by Crippen LogP contribution is -2.24. The third-order valence-corrected chi connectivity index (χ3v) is 2.99. The fraction of sp³-hybridized carbons (Fsp3) is 0.444. The molecule has 0 saturated carbocycles. The van der Waals surface area contributed by atoms with Gasteiger partial charge in [-0.3, -0.25) is 4.79 Å². The SMILES string of the molecule is Cc1nc(CNC(=O)CCN)sc1C(=O)O. The van der Waals surface area contributed by atoms with Crippen LogP contribution in [0.15, 0.2) is 0 Å². The van der Waals surface area contributed by atoms with Crippen LogP contribution in [0.4, 0.5) is 0 Å². The van der Waals surface area contributed by atoms with Crippen molar-refractivity contribution in [2.45, 2.75) is 19.9 Å². The van der Waals surface area contributed by atoms with Crippen LogP contribution in [0.2, 0.25) is 0 Å². The topological polar surface area (TPSA) is 105 Å². The first-order chi connectivity index (χ1) is 7.54. The Morgan fingerprint density at radius 1 is 1.56 bits per heavy atom. The van der Waals surface area contributed by atoms with Gasteiger partial charge in [0.1, 0.15) is 9.88 Å². The molecule has 0 aliphatic heterocycles. The number of amides is 1. The van der Waals surface area contributed by atoms with Crippen LogP contribution in [-0.2, 0) is 11.3 Å². The summed E-state index contributed by atoms with van der Waals surface area (Å²) in [5.74, 6) is -1.15. The number of nitrogens with one attached hydrogen (secondary N) is 1. The van der Waals surface area contributed by atoms with Crippen molar-refractivity contribution in [2.24, 2.45) is 5.73 Å². The van der Waals surface area contributed by atoms with Crippen molar-refractivity contribution >= 4 is 23.2 Å². The van der Waals surface area contributed by atoms with Crippen molar-refractivity contribution in [1.29, 1.82) is 0 Å². The van der Waals surface area contributed by atoms with Gasteiger partial charge in [0.25, 0.3) is 0 Å². The number of nitrogens with zero attached hydrogens (tertiary/aromatic N) is 1. The summed E-state index contributed by atoms with van der Waals surface area (Å²) in [5.41, 5.74) is 5.69. The first-order valence-corrected chi connectivity index (χ1v) is 5.52. The average Bonchev–Trinajstić information content (AvgIpc) is 2.57. The van der Waals surface area contributed by atoms with Crippen molar-refractivity contribution in [1.82, 2.24) is 10.3 Å². The van der Waals surface area contributed by atoms with Crippen LogP contribution >= 0.6 is 11.3 Å². The monoisotopic (exact) mass is 243 g/mol. The lowest BCUT2D eigenvalue weighted by Gasteiger charge is -2.00. The van der Waals surface area contributed by atoms with E-state index in [-0.39, 0.29) is 23.7 Å². The molecule has 0 unspecified atom stereocenters. The molecule has 0 spiro atoms. The van der Waals surface area contributed by atoms with Crippen molar-refractivity contribution in [3.63, 3.8) is 0 Å². The number of carbonyl (C=O) groups is 2. The molecule has 1 amide bonds. The van der Waals surface area contributed by atoms with E-state index in [9.17, 15) is 9.59 Å². The molecule has 1 rings (SSSR count). The zero-order valence-electron chi connectivity index (χ0n) is 8.82. The molecule has 0 aliphatic rings. The van der Waals surface area contributed by atoms with Gasteiger partial charge in [0.2, 0.25) is 5.91 Å². The molecule has 0 saturated heterocycles. The average molecular weight is 243 g/mol. The third kappa shape index (κ3) is 3.28. The maximum Gasteiger partial charge on any atom is 0.347 e. The fourth-order valence-corrected chi connectivity index (χ4v) is 1.96. The summed E-state index contributed by atoms with van der Waals surface area (Å²) < 4.78 is 0. The van der Waals surface area contributed by atoms with E-state index in [0.717, 1.165) is 11.3 Å². The number of carbonyl (C=O) groups excluding carboxylic acids is 1. The lowest BCUT2D eigenvalue weighted by molar-refractivity contribution is -0.121. The number of hydrogen-bond acceptors (Lipinski definition) is 5. The summed E-state index contributed by atoms with van der Waals surface area (Å²) in [6, 6.07) is 0. The molecule has 1 aromatic rings. The molecule has 0 fully saturated rings. The van der Waals surface area contributed by atoms with Gasteiger partial charge in [0.05, 0.1) is 12.2 Å². The summed E-state index contributed by atoms with van der Waals surface area (Å²) in [6.07, 6.45) is 0.260. The quantitative estimate of drug-likeness (QED) is 0.681. The van der Waals surface area contributed by atoms with Crippen LogP contribution in [0.5, 0.6) is 0 Å². The number of thiazole rings is 1. The van der Waals surface area contributed by atoms with Gasteiger partial charge in [0.15, 0.2) is 0 Å². The minimum atomic E-state index is -0.991. The highest BCUT2D eigenvalue weighted by molar-refractivity contribution is 7.13. The van der Waals surface area contributed by atoms with Crippen LogP contribution in [0, 0.1) is 6.92 Å². The van der Waals surface area contributed by atoms with Gasteiger partial charge < -0.3 is 16.2 Å². The zero-order chi connectivity index (χ0) is 12.1. The first-order valence-electron chi connectivity index (χ1n) is 4.71. The van der Waals surface area contributed by atoms with Crippen LogP contribution < -0.4 is 11.1 Å². The van der Waals surface area contributed by atoms with Gasteiger partial charge >= 0.3 is 5.97 Å². The molecular formula is C9H13N3O3S. The van der Waals surface area contributed by atoms with Gasteiger partial charge in [-0.25, -0.2) is 9.78 Å². The third-order valence-electron chi connectivity index (χ3n) is 1.84. The van der Waals surface area contributed by atoms with E-state index in [1.54, 1.807) is 6.92 Å². The Labute approximate surface area is 96.5 Å². The molecule has 0 radical (unpaired) electrons. The number of rotatable bonds is 5. The van der Waals surface area contributed by atoms with E-state index in [1.807, 2.05) is 0 Å². The van der Waals surface area contributed by atoms with Crippen LogP contribution in [0.3, 0.4) is 0 Å². The molecule has 4 N–H and O–H groups in total. The number of aromatic nitrogens is 1. The van der Waals surface area contributed by atoms with Crippen molar-refractivity contribution < 1.29 is 14.7 Å². The highest BCUT2D eigenvalue weighted by Crippen LogP contribution is 2.17. The van der Waals surface area contributed by atoms with Crippen molar-refractivity contribution in [2.75, 3.05) is 6.54 Å². The predicted molar refractivity (Wildman–Crippen MR) is 59.3 cm³/mol. The number of aromatic carboxylic acids is 1. The highest BCUT2D eigenvalue weighted by atomic mass is 32.1. The smallest absolute Gasteiger partial charge is 0.347 e. The molecule has 0 aromatic carbocycles. The number of nitrogens with two attached hydrogens (primary N) is 1. The summed E-state index contributed by atoms with van der Waals surface area (Å²) in [4.78, 5) is 26.1. The summed E-state index contributed by atoms with van der Waals surface area (Å²) in [7, 11) is 0. The molecule has 16 heavy (non-hydrogen) atoms. The standard InChI is InChI=1S/C9H13N3O3S/c1-5-8(9(14)15)16-7(12-5)4-11-6(13)2-3-10/h2-4,10H2,1H3,(H,11,13)(H,14,15). The van der Waals surface area contributed by atoms with Gasteiger partial charge in [0, 0.05) is 13.0 Å². The normalized spacial score (nSPS) is 10.1. The second-order valence-corrected chi connectivity index (χ2v) is 4.23. The van der Waals surface area contributed by atoms with E-state index in [0.29, 0.717) is 17.2 Å². The Bertz CT molecular complexity index is 403. The number of aryl methyl sites for hydroxylation is 1. The van der Waals surface area contributed by atoms with Crippen molar-refractivity contribution in [3.8, 4) is 0 Å². The summed E-state index contributed by atoms with van der Waals surface area (Å²) in [5, 5.41) is 12.0. The van der Waals surface area contributed by atoms with Crippen LogP contribution in [-0.4, -0.2) is 28.5 Å². The Morgan fingerprint density at radius 2 is 2.25 bits per heavy atom. The van der Waals surface area contributed by atoms with E-state index in [2.05, 4.69) is 10.3 Å². The molecule has 1 heterocycles. The van der Waals surface area contributed by atoms with Crippen LogP contribution in [0.25, 0.3) is 0 Å². The Kier molecular flexibility index (Phi) is 4.39. The molecule has 0 bridgehead atoms. The summed E-state index contributed by atoms with van der Waals surface area (Å²) in [6.45, 7) is 2.17. The number of carboxylic acids is 1. The maximum atomic E-state index is 11.1. The predicted octanol–water partition coefficient (Wildman–Crippen LogP) is 0.115. The van der Waals surface area contributed by atoms with Crippen molar-refractivity contribution in [3.05, 3.63) is 15.6 Å². The molecule has 0 atom stereocenters. The maximum absolute atomic E-state index is 11.1. The van der Waals surface area contributed by atoms with E-state index in [4.69, 9.17) is 10.8 Å². The van der Waals surface area contributed by atoms with E-state index >= 15 is 0 Å². The zero-order valence-corrected chi connectivity index (χ0v) is 9.63. The van der Waals surface area contributed by atoms with Gasteiger partial charge in [-0.1, -0.05) is 0 Å². The van der Waals surface area contributed by atoms with E-state index in [1.165, 1.54) is 0 Å². The van der Waals surface area contributed by atoms with Gasteiger partial charge in [-0.05, 0) is 6.92 Å². The number of hydrogen-bond donors (Lipinski definition) is 3. The minimum absolute atomic E-state index is 0.160. The largest absolute Gasteiger partial charge is 0.477 e. The first kappa shape index (κ1) is 12.6. The molecule has 1 aromatic heterocycles. The lowest BCUT2D eigenvalue weighted by atomic mass is 10.4. The second-order valence-electron chi connectivity index (χ2n) is 3.14. The van der Waals surface area contributed by atoms with Crippen LogP contribution in [0.1, 0.15) is 26.8 Å². The fourth-order valence-electron chi connectivity index (χ4n) is 1.12.